The minimum Gasteiger partial charge on any atom is -0.509 e. The lowest BCUT2D eigenvalue weighted by Gasteiger charge is -2.04. The van der Waals surface area contributed by atoms with Gasteiger partial charge < -0.3 is 19.4 Å². The van der Waals surface area contributed by atoms with Crippen LogP contribution in [0.2, 0.25) is 0 Å². The maximum Gasteiger partial charge on any atom is 0.707 e. The normalized spacial score (nSPS) is 10.0. The predicted octanol–water partition coefficient (Wildman–Crippen LogP) is 0.525. The first-order valence-electron chi connectivity index (χ1n) is 4.55. The Morgan fingerprint density at radius 1 is 1.53 bits per heavy atom. The van der Waals surface area contributed by atoms with E-state index in [1.54, 1.807) is 11.4 Å². The van der Waals surface area contributed by atoms with Crippen LogP contribution in [0.4, 0.5) is 0 Å². The number of nitriles is 1. The van der Waals surface area contributed by atoms with Crippen molar-refractivity contribution < 1.29 is 19.4 Å². The summed E-state index contributed by atoms with van der Waals surface area (Å²) in [7, 11) is -0.501. The number of methoxy groups -OCH3 is 1. The van der Waals surface area contributed by atoms with Gasteiger partial charge in [-0.25, -0.2) is 4.98 Å². The van der Waals surface area contributed by atoms with Crippen LogP contribution in [-0.2, 0) is 0 Å². The monoisotopic (exact) mass is 250 g/mol. The molecule has 17 heavy (non-hydrogen) atoms. The fourth-order valence-corrected chi connectivity index (χ4v) is 2.20. The van der Waals surface area contributed by atoms with E-state index in [9.17, 15) is 0 Å². The van der Waals surface area contributed by atoms with Crippen LogP contribution in [0.15, 0.2) is 11.4 Å². The van der Waals surface area contributed by atoms with Crippen LogP contribution in [-0.4, -0.2) is 29.5 Å². The number of hydrogen-bond donors (Lipinski definition) is 2. The summed E-state index contributed by atoms with van der Waals surface area (Å²) >= 11 is 1.29. The smallest absolute Gasteiger partial charge is 0.509 e. The van der Waals surface area contributed by atoms with E-state index in [2.05, 4.69) is 4.98 Å². The summed E-state index contributed by atoms with van der Waals surface area (Å²) in [6, 6.07) is 3.58. The second-order valence-electron chi connectivity index (χ2n) is 3.05. The summed E-state index contributed by atoms with van der Waals surface area (Å²) in [4.78, 5) is 4.10. The van der Waals surface area contributed by atoms with E-state index in [1.807, 2.05) is 6.07 Å². The molecular formula is C9H7BN2O4S. The van der Waals surface area contributed by atoms with Crippen molar-refractivity contribution in [2.24, 2.45) is 0 Å². The molecule has 0 bridgehead atoms. The topological polar surface area (TPSA) is 95.6 Å². The predicted molar refractivity (Wildman–Crippen MR) is 61.7 cm³/mol. The summed E-state index contributed by atoms with van der Waals surface area (Å²) in [5, 5.41) is 27.9. The molecule has 2 heterocycles. The third-order valence-corrected chi connectivity index (χ3v) is 2.92. The molecule has 0 saturated heterocycles. The number of fused-ring (bicyclic) bond motifs is 1. The Morgan fingerprint density at radius 2 is 2.29 bits per heavy atom. The van der Waals surface area contributed by atoms with Gasteiger partial charge in [-0.3, -0.25) is 0 Å². The molecule has 6 nitrogen and oxygen atoms in total. The average Bonchev–Trinajstić information content (AvgIpc) is 2.69. The molecule has 8 heteroatoms. The average molecular weight is 250 g/mol. The van der Waals surface area contributed by atoms with Gasteiger partial charge in [0, 0.05) is 5.38 Å². The van der Waals surface area contributed by atoms with Crippen molar-refractivity contribution in [2.45, 2.75) is 0 Å². The van der Waals surface area contributed by atoms with Gasteiger partial charge in [-0.1, -0.05) is 0 Å². The Labute approximate surface area is 101 Å². The molecule has 0 aromatic carbocycles. The molecule has 2 rings (SSSR count). The Bertz CT molecular complexity index is 592. The summed E-state index contributed by atoms with van der Waals surface area (Å²) in [5.74, 6) is 0.415. The highest BCUT2D eigenvalue weighted by atomic mass is 32.1. The van der Waals surface area contributed by atoms with Gasteiger partial charge in [-0.15, -0.1) is 11.3 Å². The standard InChI is InChI=1S/C9H7BN2O4S/c1-15-9-5(3-11)2-7-8(12-9)6(4-17-7)16-10(13)14/h2,4,13-14H,1H3. The molecular weight excluding hydrogens is 243 g/mol. The van der Waals surface area contributed by atoms with Crippen molar-refractivity contribution in [1.29, 1.82) is 5.26 Å². The molecule has 0 fully saturated rings. The number of pyridine rings is 1. The van der Waals surface area contributed by atoms with Crippen LogP contribution in [0.5, 0.6) is 11.6 Å². The Balaban J connectivity index is 2.58. The highest BCUT2D eigenvalue weighted by Crippen LogP contribution is 2.33. The minimum absolute atomic E-state index is 0.177. The van der Waals surface area contributed by atoms with Crippen LogP contribution < -0.4 is 9.39 Å². The van der Waals surface area contributed by atoms with Gasteiger partial charge in [-0.2, -0.15) is 5.26 Å². The quantitative estimate of drug-likeness (QED) is 0.771. The van der Waals surface area contributed by atoms with Crippen molar-refractivity contribution in [3.8, 4) is 17.7 Å². The second-order valence-corrected chi connectivity index (χ2v) is 3.96. The lowest BCUT2D eigenvalue weighted by atomic mass is 10.2. The highest BCUT2D eigenvalue weighted by Gasteiger charge is 2.17. The van der Waals surface area contributed by atoms with E-state index in [0.29, 0.717) is 15.8 Å². The fourth-order valence-electron chi connectivity index (χ4n) is 1.35. The molecule has 86 valence electrons. The Kier molecular flexibility index (Phi) is 3.15. The van der Waals surface area contributed by atoms with E-state index < -0.39 is 7.32 Å². The first-order valence-corrected chi connectivity index (χ1v) is 5.42. The zero-order chi connectivity index (χ0) is 12.4. The maximum absolute atomic E-state index is 8.88. The second kappa shape index (κ2) is 4.59. The molecule has 2 aromatic rings. The van der Waals surface area contributed by atoms with Gasteiger partial charge in [0.05, 0.1) is 11.8 Å². The Morgan fingerprint density at radius 3 is 2.88 bits per heavy atom. The molecule has 0 aliphatic rings. The molecule has 0 amide bonds. The van der Waals surface area contributed by atoms with E-state index in [0.717, 1.165) is 0 Å². The zero-order valence-electron chi connectivity index (χ0n) is 8.75. The van der Waals surface area contributed by atoms with Gasteiger partial charge in [0.2, 0.25) is 5.88 Å². The van der Waals surface area contributed by atoms with Crippen molar-refractivity contribution in [3.05, 3.63) is 17.0 Å². The van der Waals surface area contributed by atoms with E-state index in [1.165, 1.54) is 18.4 Å². The van der Waals surface area contributed by atoms with Crippen LogP contribution in [0.1, 0.15) is 5.56 Å². The molecule has 0 aliphatic heterocycles. The number of rotatable bonds is 3. The molecule has 0 aliphatic carbocycles. The van der Waals surface area contributed by atoms with E-state index in [4.69, 9.17) is 24.7 Å². The molecule has 2 aromatic heterocycles. The number of nitrogens with zero attached hydrogens (tertiary/aromatic N) is 2. The number of aromatic nitrogens is 1. The van der Waals surface area contributed by atoms with Crippen molar-refractivity contribution in [1.82, 2.24) is 4.98 Å². The van der Waals surface area contributed by atoms with E-state index >= 15 is 0 Å². The molecule has 0 atom stereocenters. The molecule has 2 N–H and O–H groups in total. The van der Waals surface area contributed by atoms with Crippen molar-refractivity contribution in [2.75, 3.05) is 7.11 Å². The largest absolute Gasteiger partial charge is 0.707 e. The summed E-state index contributed by atoms with van der Waals surface area (Å²) in [6.45, 7) is 0. The molecule has 0 spiro atoms. The van der Waals surface area contributed by atoms with Crippen molar-refractivity contribution >= 4 is 28.9 Å². The summed E-state index contributed by atoms with van der Waals surface area (Å²) in [5.41, 5.74) is 0.747. The van der Waals surface area contributed by atoms with Gasteiger partial charge in [0.1, 0.15) is 22.9 Å². The minimum atomic E-state index is -1.91. The molecule has 0 radical (unpaired) electrons. The number of thiophene rings is 1. The lowest BCUT2D eigenvalue weighted by Crippen LogP contribution is -2.20. The highest BCUT2D eigenvalue weighted by molar-refractivity contribution is 7.17. The maximum atomic E-state index is 8.88. The fraction of sp³-hybridized carbons (Fsp3) is 0.111. The zero-order valence-corrected chi connectivity index (χ0v) is 9.56. The Hall–Kier alpha value is -1.82. The first kappa shape index (κ1) is 11.7. The summed E-state index contributed by atoms with van der Waals surface area (Å²) < 4.78 is 10.4. The number of ether oxygens (including phenoxy) is 1. The van der Waals surface area contributed by atoms with Crippen molar-refractivity contribution in [3.63, 3.8) is 0 Å². The van der Waals surface area contributed by atoms with Gasteiger partial charge in [-0.05, 0) is 6.07 Å². The third-order valence-electron chi connectivity index (χ3n) is 2.03. The van der Waals surface area contributed by atoms with Crippen LogP contribution in [0.3, 0.4) is 0 Å². The van der Waals surface area contributed by atoms with Crippen LogP contribution >= 0.6 is 11.3 Å². The van der Waals surface area contributed by atoms with Gasteiger partial charge in [0.15, 0.2) is 0 Å². The van der Waals surface area contributed by atoms with Gasteiger partial charge in [0.25, 0.3) is 0 Å². The number of hydrogen-bond acceptors (Lipinski definition) is 7. The molecule has 0 unspecified atom stereocenters. The lowest BCUT2D eigenvalue weighted by molar-refractivity contribution is 0.289. The summed E-state index contributed by atoms with van der Waals surface area (Å²) in [6.07, 6.45) is 0. The van der Waals surface area contributed by atoms with E-state index in [-0.39, 0.29) is 11.6 Å². The van der Waals surface area contributed by atoms with Gasteiger partial charge >= 0.3 is 7.32 Å². The SMILES string of the molecule is COc1nc2c(OB(O)O)csc2cc1C#N. The van der Waals surface area contributed by atoms with Crippen LogP contribution in [0.25, 0.3) is 10.2 Å². The third kappa shape index (κ3) is 2.17. The molecule has 0 saturated carbocycles. The first-order chi connectivity index (χ1) is 8.15. The van der Waals surface area contributed by atoms with Crippen LogP contribution in [0, 0.1) is 11.3 Å².